The molecule has 23 heavy (non-hydrogen) atoms. The summed E-state index contributed by atoms with van der Waals surface area (Å²) in [6.07, 6.45) is 0. The minimum atomic E-state index is -0.815. The summed E-state index contributed by atoms with van der Waals surface area (Å²) < 4.78 is 5.97. The highest BCUT2D eigenvalue weighted by Gasteiger charge is 2.22. The molecule has 0 amide bonds. The van der Waals surface area contributed by atoms with E-state index in [0.717, 1.165) is 16.6 Å². The molecular formula is C14H8BrN3O5. The summed E-state index contributed by atoms with van der Waals surface area (Å²) in [4.78, 5) is 14.2. The smallest absolute Gasteiger partial charge is 0.315 e. The predicted octanol–water partition coefficient (Wildman–Crippen LogP) is 3.49. The minimum Gasteiger partial charge on any atom is -0.504 e. The van der Waals surface area contributed by atoms with Crippen molar-refractivity contribution in [2.24, 2.45) is 0 Å². The van der Waals surface area contributed by atoms with Gasteiger partial charge in [0.2, 0.25) is 11.6 Å². The fourth-order valence-electron chi connectivity index (χ4n) is 1.92. The SMILES string of the molecule is O=[N+]([O-])c1cc(-c2nc(-c3ccc(Br)cc3)no2)cc(O)c1O. The van der Waals surface area contributed by atoms with Crippen molar-refractivity contribution >= 4 is 21.6 Å². The molecule has 3 aromatic rings. The largest absolute Gasteiger partial charge is 0.504 e. The number of nitrogens with zero attached hydrogens (tertiary/aromatic N) is 3. The number of nitro groups is 1. The van der Waals surface area contributed by atoms with E-state index < -0.39 is 22.1 Å². The van der Waals surface area contributed by atoms with Crippen LogP contribution in [0.3, 0.4) is 0 Å². The molecule has 0 saturated heterocycles. The molecular weight excluding hydrogens is 370 g/mol. The van der Waals surface area contributed by atoms with Crippen molar-refractivity contribution in [3.05, 3.63) is 51.0 Å². The highest BCUT2D eigenvalue weighted by molar-refractivity contribution is 9.10. The van der Waals surface area contributed by atoms with Gasteiger partial charge in [0.05, 0.1) is 10.5 Å². The maximum absolute atomic E-state index is 10.9. The molecule has 0 aliphatic rings. The van der Waals surface area contributed by atoms with Gasteiger partial charge in [0.1, 0.15) is 0 Å². The van der Waals surface area contributed by atoms with E-state index in [4.69, 9.17) is 4.52 Å². The molecule has 1 aromatic heterocycles. The molecule has 2 N–H and O–H groups in total. The van der Waals surface area contributed by atoms with Crippen LogP contribution >= 0.6 is 15.9 Å². The van der Waals surface area contributed by atoms with Crippen LogP contribution in [0.5, 0.6) is 11.5 Å². The summed E-state index contributed by atoms with van der Waals surface area (Å²) in [5.74, 6) is -1.17. The van der Waals surface area contributed by atoms with E-state index in [1.807, 2.05) is 12.1 Å². The number of halogens is 1. The Morgan fingerprint density at radius 1 is 1.13 bits per heavy atom. The Balaban J connectivity index is 2.03. The zero-order valence-electron chi connectivity index (χ0n) is 11.3. The fraction of sp³-hybridized carbons (Fsp3) is 0. The molecule has 0 radical (unpaired) electrons. The lowest BCUT2D eigenvalue weighted by atomic mass is 10.1. The summed E-state index contributed by atoms with van der Waals surface area (Å²) >= 11 is 3.32. The molecule has 1 heterocycles. The third kappa shape index (κ3) is 2.86. The lowest BCUT2D eigenvalue weighted by Crippen LogP contribution is -1.90. The maximum Gasteiger partial charge on any atom is 0.315 e. The number of nitro benzene ring substituents is 1. The van der Waals surface area contributed by atoms with Crippen molar-refractivity contribution in [1.82, 2.24) is 10.1 Å². The molecule has 0 fully saturated rings. The summed E-state index contributed by atoms with van der Waals surface area (Å²) in [6.45, 7) is 0. The van der Waals surface area contributed by atoms with E-state index in [2.05, 4.69) is 26.1 Å². The van der Waals surface area contributed by atoms with Crippen molar-refractivity contribution in [3.63, 3.8) is 0 Å². The van der Waals surface area contributed by atoms with E-state index in [1.165, 1.54) is 0 Å². The molecule has 0 aliphatic carbocycles. The highest BCUT2D eigenvalue weighted by Crippen LogP contribution is 2.39. The van der Waals surface area contributed by atoms with Crippen LogP contribution in [0.4, 0.5) is 5.69 Å². The lowest BCUT2D eigenvalue weighted by molar-refractivity contribution is -0.385. The summed E-state index contributed by atoms with van der Waals surface area (Å²) in [6, 6.07) is 9.32. The standard InChI is InChI=1S/C14H8BrN3O5/c15-9-3-1-7(2-4-9)13-16-14(23-17-13)8-5-10(18(21)22)12(20)11(19)6-8/h1-6,19-20H. The van der Waals surface area contributed by atoms with E-state index >= 15 is 0 Å². The number of phenolic OH excluding ortho intramolecular Hbond substituents is 2. The molecule has 0 saturated carbocycles. The van der Waals surface area contributed by atoms with E-state index in [9.17, 15) is 20.3 Å². The van der Waals surface area contributed by atoms with Crippen LogP contribution in [0, 0.1) is 10.1 Å². The molecule has 0 spiro atoms. The van der Waals surface area contributed by atoms with Crippen LogP contribution in [0.25, 0.3) is 22.8 Å². The number of aromatic nitrogens is 2. The highest BCUT2D eigenvalue weighted by atomic mass is 79.9. The molecule has 116 valence electrons. The number of rotatable bonds is 3. The first-order chi connectivity index (χ1) is 11.0. The molecule has 2 aromatic carbocycles. The van der Waals surface area contributed by atoms with Crippen molar-refractivity contribution in [2.75, 3.05) is 0 Å². The van der Waals surface area contributed by atoms with E-state index in [0.29, 0.717) is 11.4 Å². The zero-order valence-corrected chi connectivity index (χ0v) is 12.9. The molecule has 3 rings (SSSR count). The second-order valence-electron chi connectivity index (χ2n) is 4.55. The quantitative estimate of drug-likeness (QED) is 0.406. The third-order valence-corrected chi connectivity index (χ3v) is 3.57. The Labute approximate surface area is 137 Å². The second-order valence-corrected chi connectivity index (χ2v) is 5.47. The summed E-state index contributed by atoms with van der Waals surface area (Å²) in [5, 5.41) is 33.8. The van der Waals surface area contributed by atoms with Gasteiger partial charge in [0, 0.05) is 16.1 Å². The van der Waals surface area contributed by atoms with Gasteiger partial charge in [0.25, 0.3) is 5.89 Å². The Morgan fingerprint density at radius 3 is 2.48 bits per heavy atom. The molecule has 0 unspecified atom stereocenters. The molecule has 0 aliphatic heterocycles. The van der Waals surface area contributed by atoms with Gasteiger partial charge in [-0.3, -0.25) is 10.1 Å². The Hall–Kier alpha value is -2.94. The zero-order chi connectivity index (χ0) is 16.6. The van der Waals surface area contributed by atoms with Gasteiger partial charge < -0.3 is 14.7 Å². The topological polar surface area (TPSA) is 123 Å². The van der Waals surface area contributed by atoms with Crippen molar-refractivity contribution < 1.29 is 19.7 Å². The first-order valence-electron chi connectivity index (χ1n) is 6.26. The monoisotopic (exact) mass is 377 g/mol. The lowest BCUT2D eigenvalue weighted by Gasteiger charge is -2.01. The van der Waals surface area contributed by atoms with Gasteiger partial charge in [-0.2, -0.15) is 4.98 Å². The van der Waals surface area contributed by atoms with Crippen molar-refractivity contribution in [1.29, 1.82) is 0 Å². The number of hydrogen-bond acceptors (Lipinski definition) is 7. The van der Waals surface area contributed by atoms with Crippen LogP contribution < -0.4 is 0 Å². The average molecular weight is 378 g/mol. The van der Waals surface area contributed by atoms with Crippen molar-refractivity contribution in [2.45, 2.75) is 0 Å². The predicted molar refractivity (Wildman–Crippen MR) is 82.9 cm³/mol. The van der Waals surface area contributed by atoms with Crippen LogP contribution in [0.15, 0.2) is 45.4 Å². The van der Waals surface area contributed by atoms with Gasteiger partial charge in [-0.15, -0.1) is 0 Å². The van der Waals surface area contributed by atoms with E-state index in [-0.39, 0.29) is 11.5 Å². The van der Waals surface area contributed by atoms with Gasteiger partial charge in [-0.1, -0.05) is 21.1 Å². The number of phenols is 2. The van der Waals surface area contributed by atoms with Crippen LogP contribution in [-0.2, 0) is 0 Å². The van der Waals surface area contributed by atoms with Gasteiger partial charge >= 0.3 is 5.69 Å². The van der Waals surface area contributed by atoms with Crippen LogP contribution in [0.2, 0.25) is 0 Å². The van der Waals surface area contributed by atoms with Gasteiger partial charge in [-0.05, 0) is 30.3 Å². The van der Waals surface area contributed by atoms with Crippen molar-refractivity contribution in [3.8, 4) is 34.3 Å². The average Bonchev–Trinajstić information content (AvgIpc) is 3.00. The third-order valence-electron chi connectivity index (χ3n) is 3.04. The number of benzene rings is 2. The first kappa shape index (κ1) is 15.0. The van der Waals surface area contributed by atoms with Gasteiger partial charge in [0.15, 0.2) is 5.75 Å². The summed E-state index contributed by atoms with van der Waals surface area (Å²) in [7, 11) is 0. The normalized spacial score (nSPS) is 10.7. The minimum absolute atomic E-state index is 0.0127. The molecule has 0 bridgehead atoms. The second kappa shape index (κ2) is 5.69. The Bertz CT molecular complexity index is 892. The Morgan fingerprint density at radius 2 is 1.83 bits per heavy atom. The maximum atomic E-state index is 10.9. The Kier molecular flexibility index (Phi) is 3.70. The first-order valence-corrected chi connectivity index (χ1v) is 7.05. The van der Waals surface area contributed by atoms with Crippen LogP contribution in [-0.4, -0.2) is 25.3 Å². The summed E-state index contributed by atoms with van der Waals surface area (Å²) in [5.41, 5.74) is 0.173. The molecule has 9 heteroatoms. The number of aromatic hydroxyl groups is 2. The van der Waals surface area contributed by atoms with E-state index in [1.54, 1.807) is 12.1 Å². The fourth-order valence-corrected chi connectivity index (χ4v) is 2.19. The number of hydrogen-bond donors (Lipinski definition) is 2. The van der Waals surface area contributed by atoms with Gasteiger partial charge in [-0.25, -0.2) is 0 Å². The van der Waals surface area contributed by atoms with Crippen LogP contribution in [0.1, 0.15) is 0 Å². The molecule has 8 nitrogen and oxygen atoms in total. The molecule has 0 atom stereocenters.